The van der Waals surface area contributed by atoms with Crippen LogP contribution in [0.5, 0.6) is 5.75 Å². The zero-order chi connectivity index (χ0) is 17.7. The van der Waals surface area contributed by atoms with Gasteiger partial charge in [0.2, 0.25) is 5.91 Å². The average molecular weight is 391 g/mol. The number of anilines is 1. The van der Waals surface area contributed by atoms with Crippen molar-refractivity contribution in [2.24, 2.45) is 0 Å². The SMILES string of the molecule is COc1ccc(C)cc1CN(C)[C@@H](C)C(=O)Nc1ccc(Br)cc1. The van der Waals surface area contributed by atoms with Crippen LogP contribution >= 0.6 is 15.9 Å². The van der Waals surface area contributed by atoms with Gasteiger partial charge in [0.1, 0.15) is 5.75 Å². The Bertz CT molecular complexity index is 701. The fourth-order valence-electron chi connectivity index (χ4n) is 2.42. The number of methoxy groups -OCH3 is 1. The van der Waals surface area contributed by atoms with E-state index in [2.05, 4.69) is 27.3 Å². The second-order valence-electron chi connectivity index (χ2n) is 5.90. The summed E-state index contributed by atoms with van der Waals surface area (Å²) in [7, 11) is 3.60. The Morgan fingerprint density at radius 2 is 1.92 bits per heavy atom. The molecular weight excluding hydrogens is 368 g/mol. The summed E-state index contributed by atoms with van der Waals surface area (Å²) >= 11 is 3.39. The molecule has 0 bridgehead atoms. The molecule has 0 fully saturated rings. The minimum atomic E-state index is -0.265. The maximum Gasteiger partial charge on any atom is 0.241 e. The summed E-state index contributed by atoms with van der Waals surface area (Å²) in [5, 5.41) is 2.94. The number of hydrogen-bond acceptors (Lipinski definition) is 3. The number of rotatable bonds is 6. The number of carbonyl (C=O) groups excluding carboxylic acids is 1. The van der Waals surface area contributed by atoms with Crippen LogP contribution in [0.2, 0.25) is 0 Å². The van der Waals surface area contributed by atoms with E-state index in [-0.39, 0.29) is 11.9 Å². The number of likely N-dealkylation sites (N-methyl/N-ethyl adjacent to an activating group) is 1. The van der Waals surface area contributed by atoms with Crippen LogP contribution in [0.25, 0.3) is 0 Å². The van der Waals surface area contributed by atoms with Crippen molar-refractivity contribution in [1.82, 2.24) is 4.90 Å². The molecule has 0 aromatic heterocycles. The maximum absolute atomic E-state index is 12.5. The molecule has 2 aromatic carbocycles. The largest absolute Gasteiger partial charge is 0.496 e. The lowest BCUT2D eigenvalue weighted by molar-refractivity contribution is -0.120. The first-order valence-electron chi connectivity index (χ1n) is 7.81. The highest BCUT2D eigenvalue weighted by Gasteiger charge is 2.19. The normalized spacial score (nSPS) is 12.1. The topological polar surface area (TPSA) is 41.6 Å². The Morgan fingerprint density at radius 3 is 2.54 bits per heavy atom. The molecule has 0 aliphatic rings. The van der Waals surface area contributed by atoms with E-state index < -0.39 is 0 Å². The van der Waals surface area contributed by atoms with E-state index in [9.17, 15) is 4.79 Å². The summed E-state index contributed by atoms with van der Waals surface area (Å²) < 4.78 is 6.40. The van der Waals surface area contributed by atoms with Crippen molar-refractivity contribution in [3.63, 3.8) is 0 Å². The zero-order valence-electron chi connectivity index (χ0n) is 14.5. The number of carbonyl (C=O) groups is 1. The molecule has 0 saturated heterocycles. The van der Waals surface area contributed by atoms with Gasteiger partial charge in [0.05, 0.1) is 13.2 Å². The fourth-order valence-corrected chi connectivity index (χ4v) is 2.68. The number of amides is 1. The van der Waals surface area contributed by atoms with Crippen LogP contribution in [-0.2, 0) is 11.3 Å². The molecule has 4 nitrogen and oxygen atoms in total. The summed E-state index contributed by atoms with van der Waals surface area (Å²) in [5.74, 6) is 0.805. The van der Waals surface area contributed by atoms with E-state index in [1.165, 1.54) is 5.56 Å². The molecule has 1 N–H and O–H groups in total. The van der Waals surface area contributed by atoms with Crippen molar-refractivity contribution in [1.29, 1.82) is 0 Å². The van der Waals surface area contributed by atoms with E-state index in [0.29, 0.717) is 6.54 Å². The molecule has 0 aliphatic carbocycles. The Labute approximate surface area is 151 Å². The van der Waals surface area contributed by atoms with Crippen LogP contribution in [0.15, 0.2) is 46.9 Å². The molecule has 128 valence electrons. The number of benzene rings is 2. The summed E-state index contributed by atoms with van der Waals surface area (Å²) in [4.78, 5) is 14.5. The maximum atomic E-state index is 12.5. The highest BCUT2D eigenvalue weighted by atomic mass is 79.9. The van der Waals surface area contributed by atoms with Gasteiger partial charge in [0, 0.05) is 22.3 Å². The lowest BCUT2D eigenvalue weighted by Gasteiger charge is -2.25. The zero-order valence-corrected chi connectivity index (χ0v) is 16.1. The monoisotopic (exact) mass is 390 g/mol. The van der Waals surface area contributed by atoms with Crippen LogP contribution in [0.3, 0.4) is 0 Å². The number of nitrogens with zero attached hydrogens (tertiary/aromatic N) is 1. The molecule has 0 heterocycles. The van der Waals surface area contributed by atoms with Gasteiger partial charge >= 0.3 is 0 Å². The summed E-state index contributed by atoms with van der Waals surface area (Å²) in [6.07, 6.45) is 0. The van der Waals surface area contributed by atoms with Crippen molar-refractivity contribution < 1.29 is 9.53 Å². The van der Waals surface area contributed by atoms with E-state index >= 15 is 0 Å². The van der Waals surface area contributed by atoms with E-state index in [0.717, 1.165) is 21.5 Å². The van der Waals surface area contributed by atoms with Gasteiger partial charge in [-0.3, -0.25) is 9.69 Å². The number of ether oxygens (including phenoxy) is 1. The van der Waals surface area contributed by atoms with E-state index in [1.807, 2.05) is 62.2 Å². The second kappa shape index (κ2) is 8.31. The lowest BCUT2D eigenvalue weighted by Crippen LogP contribution is -2.39. The number of nitrogens with one attached hydrogen (secondary N) is 1. The molecule has 0 spiro atoms. The summed E-state index contributed by atoms with van der Waals surface area (Å²) in [6.45, 7) is 4.59. The molecule has 0 saturated carbocycles. The fraction of sp³-hybridized carbons (Fsp3) is 0.316. The van der Waals surface area contributed by atoms with Crippen LogP contribution < -0.4 is 10.1 Å². The minimum absolute atomic E-state index is 0.0357. The number of halogens is 1. The lowest BCUT2D eigenvalue weighted by atomic mass is 10.1. The van der Waals surface area contributed by atoms with Crippen molar-refractivity contribution in [3.8, 4) is 5.75 Å². The number of hydrogen-bond donors (Lipinski definition) is 1. The first kappa shape index (κ1) is 18.5. The molecule has 1 amide bonds. The summed E-state index contributed by atoms with van der Waals surface area (Å²) in [6, 6.07) is 13.4. The van der Waals surface area contributed by atoms with Gasteiger partial charge in [0.25, 0.3) is 0 Å². The van der Waals surface area contributed by atoms with Crippen LogP contribution in [-0.4, -0.2) is 31.0 Å². The third-order valence-corrected chi connectivity index (χ3v) is 4.54. The van der Waals surface area contributed by atoms with Gasteiger partial charge in [-0.15, -0.1) is 0 Å². The molecule has 24 heavy (non-hydrogen) atoms. The quantitative estimate of drug-likeness (QED) is 0.802. The van der Waals surface area contributed by atoms with Crippen molar-refractivity contribution in [2.75, 3.05) is 19.5 Å². The first-order chi connectivity index (χ1) is 11.4. The third-order valence-electron chi connectivity index (χ3n) is 4.01. The van der Waals surface area contributed by atoms with Crippen molar-refractivity contribution in [3.05, 3.63) is 58.1 Å². The third kappa shape index (κ3) is 4.82. The number of aryl methyl sites for hydroxylation is 1. The smallest absolute Gasteiger partial charge is 0.241 e. The van der Waals surface area contributed by atoms with E-state index in [1.54, 1.807) is 7.11 Å². The highest BCUT2D eigenvalue weighted by molar-refractivity contribution is 9.10. The van der Waals surface area contributed by atoms with Gasteiger partial charge in [-0.1, -0.05) is 33.6 Å². The van der Waals surface area contributed by atoms with Crippen molar-refractivity contribution >= 4 is 27.5 Å². The molecule has 5 heteroatoms. The Balaban J connectivity index is 2.03. The van der Waals surface area contributed by atoms with Gasteiger partial charge in [0.15, 0.2) is 0 Å². The Hall–Kier alpha value is -1.85. The minimum Gasteiger partial charge on any atom is -0.496 e. The molecule has 0 unspecified atom stereocenters. The standard InChI is InChI=1S/C19H23BrN2O2/c1-13-5-10-18(24-4)15(11-13)12-22(3)14(2)19(23)21-17-8-6-16(20)7-9-17/h5-11,14H,12H2,1-4H3,(H,21,23)/t14-/m0/s1. The molecule has 0 radical (unpaired) electrons. The predicted molar refractivity (Wildman–Crippen MR) is 101 cm³/mol. The average Bonchev–Trinajstić information content (AvgIpc) is 2.56. The van der Waals surface area contributed by atoms with Gasteiger partial charge in [-0.2, -0.15) is 0 Å². The van der Waals surface area contributed by atoms with Gasteiger partial charge < -0.3 is 10.1 Å². The molecule has 1 atom stereocenters. The molecular formula is C19H23BrN2O2. The molecule has 2 rings (SSSR count). The first-order valence-corrected chi connectivity index (χ1v) is 8.60. The van der Waals surface area contributed by atoms with Gasteiger partial charge in [-0.25, -0.2) is 0 Å². The van der Waals surface area contributed by atoms with Crippen molar-refractivity contribution in [2.45, 2.75) is 26.4 Å². The van der Waals surface area contributed by atoms with Crippen LogP contribution in [0.4, 0.5) is 5.69 Å². The molecule has 0 aliphatic heterocycles. The van der Waals surface area contributed by atoms with Crippen LogP contribution in [0.1, 0.15) is 18.1 Å². The molecule has 2 aromatic rings. The Morgan fingerprint density at radius 1 is 1.25 bits per heavy atom. The Kier molecular flexibility index (Phi) is 6.40. The van der Waals surface area contributed by atoms with E-state index in [4.69, 9.17) is 4.74 Å². The van der Waals surface area contributed by atoms with Crippen LogP contribution in [0, 0.1) is 6.92 Å². The van der Waals surface area contributed by atoms with Gasteiger partial charge in [-0.05, 0) is 51.2 Å². The highest BCUT2D eigenvalue weighted by Crippen LogP contribution is 2.22. The predicted octanol–water partition coefficient (Wildman–Crippen LogP) is 4.23. The second-order valence-corrected chi connectivity index (χ2v) is 6.82. The summed E-state index contributed by atoms with van der Waals surface area (Å²) in [5.41, 5.74) is 3.03.